The van der Waals surface area contributed by atoms with E-state index >= 15 is 0 Å². The Balaban J connectivity index is 1.80. The smallest absolute Gasteiger partial charge is 0.315 e. The molecule has 0 radical (unpaired) electrons. The van der Waals surface area contributed by atoms with Gasteiger partial charge in [-0.3, -0.25) is 14.9 Å². The Kier molecular flexibility index (Phi) is 8.22. The number of carbonyl (C=O) groups excluding carboxylic acids is 2. The van der Waals surface area contributed by atoms with Crippen molar-refractivity contribution in [3.63, 3.8) is 0 Å². The van der Waals surface area contributed by atoms with Crippen LogP contribution < -0.4 is 10.6 Å². The van der Waals surface area contributed by atoms with Crippen molar-refractivity contribution >= 4 is 28.3 Å². The van der Waals surface area contributed by atoms with Crippen molar-refractivity contribution in [3.8, 4) is 0 Å². The second-order valence-electron chi connectivity index (χ2n) is 6.68. The van der Waals surface area contributed by atoms with Gasteiger partial charge in [0.1, 0.15) is 0 Å². The second kappa shape index (κ2) is 10.4. The largest absolute Gasteiger partial charge is 0.345 e. The van der Waals surface area contributed by atoms with Crippen LogP contribution in [0.2, 0.25) is 0 Å². The SMILES string of the molecule is Cc1csc(NC(=O)C(=O)NC2CCCCCCCCCCC2)n1. The van der Waals surface area contributed by atoms with Gasteiger partial charge in [0.2, 0.25) is 0 Å². The van der Waals surface area contributed by atoms with Gasteiger partial charge in [-0.15, -0.1) is 11.3 Å². The summed E-state index contributed by atoms with van der Waals surface area (Å²) in [5.41, 5.74) is 0.843. The van der Waals surface area contributed by atoms with E-state index in [0.29, 0.717) is 5.13 Å². The highest BCUT2D eigenvalue weighted by Gasteiger charge is 2.19. The molecule has 0 atom stereocenters. The van der Waals surface area contributed by atoms with Gasteiger partial charge in [-0.05, 0) is 19.8 Å². The van der Waals surface area contributed by atoms with E-state index in [9.17, 15) is 9.59 Å². The molecule has 1 heterocycles. The summed E-state index contributed by atoms with van der Waals surface area (Å²) in [5, 5.41) is 7.83. The van der Waals surface area contributed by atoms with Crippen molar-refractivity contribution in [2.24, 2.45) is 0 Å². The lowest BCUT2D eigenvalue weighted by Crippen LogP contribution is -2.41. The monoisotopic (exact) mass is 351 g/mol. The maximum atomic E-state index is 12.2. The molecular weight excluding hydrogens is 322 g/mol. The third kappa shape index (κ3) is 6.99. The van der Waals surface area contributed by atoms with E-state index in [2.05, 4.69) is 15.6 Å². The molecule has 1 aliphatic carbocycles. The first-order valence-electron chi connectivity index (χ1n) is 9.19. The Bertz CT molecular complexity index is 518. The van der Waals surface area contributed by atoms with Crippen LogP contribution in [0.25, 0.3) is 0 Å². The summed E-state index contributed by atoms with van der Waals surface area (Å²) < 4.78 is 0. The number of amides is 2. The number of thiazole rings is 1. The van der Waals surface area contributed by atoms with Crippen LogP contribution in [0.3, 0.4) is 0 Å². The molecule has 0 aliphatic heterocycles. The van der Waals surface area contributed by atoms with E-state index in [0.717, 1.165) is 31.4 Å². The molecule has 1 fully saturated rings. The minimum atomic E-state index is -0.615. The summed E-state index contributed by atoms with van der Waals surface area (Å²) in [6.45, 7) is 1.86. The number of hydrogen-bond acceptors (Lipinski definition) is 4. The topological polar surface area (TPSA) is 71.1 Å². The van der Waals surface area contributed by atoms with E-state index in [-0.39, 0.29) is 6.04 Å². The van der Waals surface area contributed by atoms with E-state index in [1.807, 2.05) is 12.3 Å². The third-order valence-electron chi connectivity index (χ3n) is 4.49. The van der Waals surface area contributed by atoms with Gasteiger partial charge in [-0.25, -0.2) is 4.98 Å². The highest BCUT2D eigenvalue weighted by Crippen LogP contribution is 2.17. The zero-order valence-corrected chi connectivity index (χ0v) is 15.4. The van der Waals surface area contributed by atoms with Crippen molar-refractivity contribution in [3.05, 3.63) is 11.1 Å². The quantitative estimate of drug-likeness (QED) is 0.785. The van der Waals surface area contributed by atoms with Crippen LogP contribution in [0.1, 0.15) is 76.3 Å². The van der Waals surface area contributed by atoms with Crippen molar-refractivity contribution in [2.45, 2.75) is 83.6 Å². The second-order valence-corrected chi connectivity index (χ2v) is 7.54. The van der Waals surface area contributed by atoms with Gasteiger partial charge < -0.3 is 5.32 Å². The first-order valence-corrected chi connectivity index (χ1v) is 10.1. The van der Waals surface area contributed by atoms with Crippen LogP contribution in [-0.4, -0.2) is 22.8 Å². The highest BCUT2D eigenvalue weighted by molar-refractivity contribution is 7.14. The predicted molar refractivity (Wildman–Crippen MR) is 98.2 cm³/mol. The number of hydrogen-bond donors (Lipinski definition) is 2. The molecule has 1 aromatic rings. The summed E-state index contributed by atoms with van der Waals surface area (Å²) >= 11 is 1.33. The first kappa shape index (κ1) is 18.9. The first-order chi connectivity index (χ1) is 11.6. The molecule has 0 aromatic carbocycles. The Morgan fingerprint density at radius 1 is 0.958 bits per heavy atom. The molecule has 2 N–H and O–H groups in total. The van der Waals surface area contributed by atoms with Crippen LogP contribution in [0.15, 0.2) is 5.38 Å². The molecule has 0 unspecified atom stereocenters. The molecule has 2 rings (SSSR count). The minimum Gasteiger partial charge on any atom is -0.345 e. The molecule has 0 saturated heterocycles. The Hall–Kier alpha value is -1.43. The highest BCUT2D eigenvalue weighted by atomic mass is 32.1. The fourth-order valence-corrected chi connectivity index (χ4v) is 3.81. The molecule has 5 nitrogen and oxygen atoms in total. The van der Waals surface area contributed by atoms with Crippen LogP contribution in [0.5, 0.6) is 0 Å². The predicted octanol–water partition coefficient (Wildman–Crippen LogP) is 4.18. The maximum Gasteiger partial charge on any atom is 0.315 e. The summed E-state index contributed by atoms with van der Waals surface area (Å²) in [5.74, 6) is -1.16. The lowest BCUT2D eigenvalue weighted by Gasteiger charge is -2.19. The van der Waals surface area contributed by atoms with Gasteiger partial charge in [0.25, 0.3) is 0 Å². The van der Waals surface area contributed by atoms with Crippen LogP contribution in [0, 0.1) is 6.92 Å². The van der Waals surface area contributed by atoms with Gasteiger partial charge in [-0.2, -0.15) is 0 Å². The summed E-state index contributed by atoms with van der Waals surface area (Å²) in [4.78, 5) is 28.3. The fraction of sp³-hybridized carbons (Fsp3) is 0.722. The number of nitrogens with zero attached hydrogens (tertiary/aromatic N) is 1. The van der Waals surface area contributed by atoms with E-state index < -0.39 is 11.8 Å². The molecule has 1 aliphatic rings. The van der Waals surface area contributed by atoms with Gasteiger partial charge in [0, 0.05) is 11.4 Å². The Labute approximate surface area is 148 Å². The molecule has 24 heavy (non-hydrogen) atoms. The number of nitrogens with one attached hydrogen (secondary N) is 2. The molecule has 134 valence electrons. The van der Waals surface area contributed by atoms with Crippen LogP contribution in [0.4, 0.5) is 5.13 Å². The zero-order chi connectivity index (χ0) is 17.2. The minimum absolute atomic E-state index is 0.112. The lowest BCUT2D eigenvalue weighted by atomic mass is 9.98. The Morgan fingerprint density at radius 2 is 1.50 bits per heavy atom. The van der Waals surface area contributed by atoms with Crippen molar-refractivity contribution in [1.82, 2.24) is 10.3 Å². The number of carbonyl (C=O) groups is 2. The van der Waals surface area contributed by atoms with E-state index in [1.54, 1.807) is 0 Å². The number of aryl methyl sites for hydroxylation is 1. The summed E-state index contributed by atoms with van der Waals surface area (Å²) in [6, 6.07) is 0.112. The molecule has 1 aromatic heterocycles. The van der Waals surface area contributed by atoms with Gasteiger partial charge >= 0.3 is 11.8 Å². The normalized spacial score (nSPS) is 18.2. The van der Waals surface area contributed by atoms with Crippen LogP contribution >= 0.6 is 11.3 Å². The molecular formula is C18H29N3O2S. The van der Waals surface area contributed by atoms with Crippen molar-refractivity contribution < 1.29 is 9.59 Å². The van der Waals surface area contributed by atoms with Gasteiger partial charge in [0.15, 0.2) is 5.13 Å². The average molecular weight is 352 g/mol. The number of rotatable bonds is 2. The number of anilines is 1. The molecule has 0 spiro atoms. The van der Waals surface area contributed by atoms with Crippen molar-refractivity contribution in [1.29, 1.82) is 0 Å². The number of aromatic nitrogens is 1. The van der Waals surface area contributed by atoms with Gasteiger partial charge in [-0.1, -0.05) is 57.8 Å². The summed E-state index contributed by atoms with van der Waals surface area (Å²) in [6.07, 6.45) is 13.2. The van der Waals surface area contributed by atoms with Crippen molar-refractivity contribution in [2.75, 3.05) is 5.32 Å². The zero-order valence-electron chi connectivity index (χ0n) is 14.6. The molecule has 1 saturated carbocycles. The fourth-order valence-electron chi connectivity index (χ4n) is 3.12. The lowest BCUT2D eigenvalue weighted by molar-refractivity contribution is -0.136. The standard InChI is InChI=1S/C18H29N3O2S/c1-14-13-24-18(19-14)21-17(23)16(22)20-15-11-9-7-5-3-2-4-6-8-10-12-15/h13,15H,2-12H2,1H3,(H,20,22)(H,19,21,23). The van der Waals surface area contributed by atoms with E-state index in [1.165, 1.54) is 56.3 Å². The Morgan fingerprint density at radius 3 is 2.00 bits per heavy atom. The van der Waals surface area contributed by atoms with E-state index in [4.69, 9.17) is 0 Å². The van der Waals surface area contributed by atoms with Crippen LogP contribution in [-0.2, 0) is 9.59 Å². The third-order valence-corrected chi connectivity index (χ3v) is 5.36. The molecule has 6 heteroatoms. The van der Waals surface area contributed by atoms with Gasteiger partial charge in [0.05, 0.1) is 5.69 Å². The molecule has 2 amide bonds. The molecule has 0 bridgehead atoms. The maximum absolute atomic E-state index is 12.2. The average Bonchev–Trinajstić information content (AvgIpc) is 2.95. The summed E-state index contributed by atoms with van der Waals surface area (Å²) in [7, 11) is 0.